The van der Waals surface area contributed by atoms with Gasteiger partial charge in [0, 0.05) is 5.69 Å². The van der Waals surface area contributed by atoms with Gasteiger partial charge in [-0.3, -0.25) is 4.79 Å². The van der Waals surface area contributed by atoms with Crippen LogP contribution in [0.3, 0.4) is 0 Å². The summed E-state index contributed by atoms with van der Waals surface area (Å²) in [7, 11) is 0. The van der Waals surface area contributed by atoms with Gasteiger partial charge in [0.2, 0.25) is 0 Å². The molecule has 0 aliphatic rings. The Kier molecular flexibility index (Phi) is 4.54. The lowest BCUT2D eigenvalue weighted by Crippen LogP contribution is -2.20. The number of aromatic nitrogens is 3. The second kappa shape index (κ2) is 6.93. The van der Waals surface area contributed by atoms with E-state index < -0.39 is 0 Å². The topological polar surface area (TPSA) is 69.0 Å². The quantitative estimate of drug-likeness (QED) is 0.782. The summed E-state index contributed by atoms with van der Waals surface area (Å²) in [6.45, 7) is -0.117. The molecule has 2 aromatic carbocycles. The lowest BCUT2D eigenvalue weighted by atomic mass is 10.3. The number of nitrogens with zero attached hydrogens (tertiary/aromatic N) is 3. The predicted octanol–water partition coefficient (Wildman–Crippen LogP) is 2.94. The first-order valence-corrected chi connectivity index (χ1v) is 7.22. The van der Waals surface area contributed by atoms with Crippen molar-refractivity contribution < 1.29 is 9.53 Å². The molecular weight excluding hydrogens is 316 g/mol. The number of nitrogens with one attached hydrogen (secondary N) is 1. The number of hydrogen-bond donors (Lipinski definition) is 1. The molecule has 0 radical (unpaired) electrons. The van der Waals surface area contributed by atoms with E-state index in [1.807, 2.05) is 12.1 Å². The Bertz CT molecular complexity index is 788. The summed E-state index contributed by atoms with van der Waals surface area (Å²) in [4.78, 5) is 15.8. The molecule has 0 fully saturated rings. The van der Waals surface area contributed by atoms with Crippen LogP contribution in [0.4, 0.5) is 5.69 Å². The Balaban J connectivity index is 1.57. The average molecular weight is 329 g/mol. The molecule has 116 valence electrons. The van der Waals surface area contributed by atoms with Gasteiger partial charge >= 0.3 is 0 Å². The monoisotopic (exact) mass is 328 g/mol. The van der Waals surface area contributed by atoms with Crippen molar-refractivity contribution in [3.63, 3.8) is 0 Å². The fourth-order valence-corrected chi connectivity index (χ4v) is 2.13. The average Bonchev–Trinajstić information content (AvgIpc) is 3.09. The van der Waals surface area contributed by atoms with Crippen LogP contribution >= 0.6 is 11.6 Å². The van der Waals surface area contributed by atoms with Gasteiger partial charge in [-0.1, -0.05) is 23.7 Å². The Hall–Kier alpha value is -2.86. The van der Waals surface area contributed by atoms with E-state index >= 15 is 0 Å². The highest BCUT2D eigenvalue weighted by molar-refractivity contribution is 6.32. The minimum Gasteiger partial charge on any atom is -0.482 e. The van der Waals surface area contributed by atoms with Gasteiger partial charge in [-0.25, -0.2) is 9.67 Å². The lowest BCUT2D eigenvalue weighted by Gasteiger charge is -2.09. The summed E-state index contributed by atoms with van der Waals surface area (Å²) >= 11 is 5.96. The first kappa shape index (κ1) is 15.1. The number of hydrogen-bond acceptors (Lipinski definition) is 4. The van der Waals surface area contributed by atoms with Crippen molar-refractivity contribution >= 4 is 23.2 Å². The highest BCUT2D eigenvalue weighted by atomic mass is 35.5. The van der Waals surface area contributed by atoms with Gasteiger partial charge in [0.1, 0.15) is 18.4 Å². The molecule has 0 aliphatic heterocycles. The third-order valence-electron chi connectivity index (χ3n) is 3.03. The van der Waals surface area contributed by atoms with E-state index in [2.05, 4.69) is 15.4 Å². The van der Waals surface area contributed by atoms with Crippen LogP contribution < -0.4 is 10.1 Å². The number of ether oxygens (including phenoxy) is 1. The maximum atomic E-state index is 11.9. The molecule has 23 heavy (non-hydrogen) atoms. The first-order chi connectivity index (χ1) is 11.2. The van der Waals surface area contributed by atoms with Gasteiger partial charge in [-0.15, -0.1) is 0 Å². The summed E-state index contributed by atoms with van der Waals surface area (Å²) in [5.74, 6) is 0.212. The molecule has 0 saturated carbocycles. The maximum absolute atomic E-state index is 11.9. The third kappa shape index (κ3) is 3.87. The molecule has 0 atom stereocenters. The summed E-state index contributed by atoms with van der Waals surface area (Å²) < 4.78 is 7.02. The number of carbonyl (C=O) groups excluding carboxylic acids is 1. The van der Waals surface area contributed by atoms with Crippen molar-refractivity contribution in [2.24, 2.45) is 0 Å². The van der Waals surface area contributed by atoms with E-state index in [1.165, 1.54) is 6.33 Å². The van der Waals surface area contributed by atoms with Crippen molar-refractivity contribution in [3.05, 3.63) is 66.2 Å². The number of amides is 1. The highest BCUT2D eigenvalue weighted by Gasteiger charge is 2.06. The van der Waals surface area contributed by atoms with Gasteiger partial charge in [-0.05, 0) is 36.4 Å². The van der Waals surface area contributed by atoms with E-state index in [1.54, 1.807) is 47.4 Å². The van der Waals surface area contributed by atoms with E-state index in [4.69, 9.17) is 16.3 Å². The Morgan fingerprint density at radius 2 is 1.96 bits per heavy atom. The third-order valence-corrected chi connectivity index (χ3v) is 3.34. The molecule has 0 unspecified atom stereocenters. The molecule has 3 aromatic rings. The first-order valence-electron chi connectivity index (χ1n) is 6.84. The minimum absolute atomic E-state index is 0.117. The van der Waals surface area contributed by atoms with E-state index in [0.717, 1.165) is 5.69 Å². The molecule has 6 nitrogen and oxygen atoms in total. The highest BCUT2D eigenvalue weighted by Crippen LogP contribution is 2.23. The molecule has 0 aliphatic carbocycles. The SMILES string of the molecule is O=C(COc1ccccc1Cl)Nc1ccc(-n2cncn2)cc1. The van der Waals surface area contributed by atoms with Gasteiger partial charge in [0.05, 0.1) is 10.7 Å². The zero-order chi connectivity index (χ0) is 16.1. The molecule has 1 N–H and O–H groups in total. The van der Waals surface area contributed by atoms with Crippen LogP contribution in [0.5, 0.6) is 5.75 Å². The van der Waals surface area contributed by atoms with Crippen molar-refractivity contribution in [2.45, 2.75) is 0 Å². The molecule has 1 amide bonds. The van der Waals surface area contributed by atoms with Crippen molar-refractivity contribution in [3.8, 4) is 11.4 Å². The largest absolute Gasteiger partial charge is 0.482 e. The zero-order valence-corrected chi connectivity index (χ0v) is 12.8. The molecule has 0 saturated heterocycles. The zero-order valence-electron chi connectivity index (χ0n) is 12.0. The van der Waals surface area contributed by atoms with Crippen molar-refractivity contribution in [1.82, 2.24) is 14.8 Å². The number of halogens is 1. The fraction of sp³-hybridized carbons (Fsp3) is 0.0625. The van der Waals surface area contributed by atoms with Gasteiger partial charge in [-0.2, -0.15) is 5.10 Å². The molecule has 3 rings (SSSR count). The lowest BCUT2D eigenvalue weighted by molar-refractivity contribution is -0.118. The predicted molar refractivity (Wildman–Crippen MR) is 86.9 cm³/mol. The number of anilines is 1. The molecular formula is C16H13ClN4O2. The van der Waals surface area contributed by atoms with E-state index in [-0.39, 0.29) is 12.5 Å². The molecule has 0 spiro atoms. The fourth-order valence-electron chi connectivity index (χ4n) is 1.94. The summed E-state index contributed by atoms with van der Waals surface area (Å²) in [6.07, 6.45) is 3.06. The van der Waals surface area contributed by atoms with Crippen LogP contribution in [0, 0.1) is 0 Å². The standard InChI is InChI=1S/C16H13ClN4O2/c17-14-3-1-2-4-15(14)23-9-16(22)20-12-5-7-13(8-6-12)21-11-18-10-19-21/h1-8,10-11H,9H2,(H,20,22). The van der Waals surface area contributed by atoms with Gasteiger partial charge in [0.15, 0.2) is 6.61 Å². The normalized spacial score (nSPS) is 10.3. The molecule has 0 bridgehead atoms. The summed E-state index contributed by atoms with van der Waals surface area (Å²) in [5.41, 5.74) is 1.52. The molecule has 7 heteroatoms. The van der Waals surface area contributed by atoms with Crippen LogP contribution in [0.15, 0.2) is 61.2 Å². The number of rotatable bonds is 5. The number of para-hydroxylation sites is 1. The Morgan fingerprint density at radius 3 is 2.65 bits per heavy atom. The van der Waals surface area contributed by atoms with E-state index in [0.29, 0.717) is 16.5 Å². The Morgan fingerprint density at radius 1 is 1.17 bits per heavy atom. The van der Waals surface area contributed by atoms with Gasteiger partial charge < -0.3 is 10.1 Å². The second-order valence-corrected chi connectivity index (χ2v) is 5.06. The van der Waals surface area contributed by atoms with Crippen LogP contribution in [0.2, 0.25) is 5.02 Å². The number of benzene rings is 2. The minimum atomic E-state index is -0.265. The van der Waals surface area contributed by atoms with Crippen LogP contribution in [0.25, 0.3) is 5.69 Å². The molecule has 1 aromatic heterocycles. The Labute approximate surface area is 137 Å². The van der Waals surface area contributed by atoms with Gasteiger partial charge in [0.25, 0.3) is 5.91 Å². The van der Waals surface area contributed by atoms with Crippen LogP contribution in [-0.4, -0.2) is 27.3 Å². The maximum Gasteiger partial charge on any atom is 0.262 e. The van der Waals surface area contributed by atoms with Crippen molar-refractivity contribution in [1.29, 1.82) is 0 Å². The van der Waals surface area contributed by atoms with Crippen LogP contribution in [0.1, 0.15) is 0 Å². The second-order valence-electron chi connectivity index (χ2n) is 4.65. The summed E-state index contributed by atoms with van der Waals surface area (Å²) in [5, 5.41) is 7.26. The van der Waals surface area contributed by atoms with Crippen LogP contribution in [-0.2, 0) is 4.79 Å². The van der Waals surface area contributed by atoms with Crippen molar-refractivity contribution in [2.75, 3.05) is 11.9 Å². The summed E-state index contributed by atoms with van der Waals surface area (Å²) in [6, 6.07) is 14.2. The van der Waals surface area contributed by atoms with E-state index in [9.17, 15) is 4.79 Å². The smallest absolute Gasteiger partial charge is 0.262 e. The molecule has 1 heterocycles. The number of carbonyl (C=O) groups is 1.